The van der Waals surface area contributed by atoms with E-state index in [2.05, 4.69) is 20.2 Å². The zero-order valence-electron chi connectivity index (χ0n) is 21.8. The predicted octanol–water partition coefficient (Wildman–Crippen LogP) is 3.90. The molecule has 0 bridgehead atoms. The molecule has 3 heterocycles. The lowest BCUT2D eigenvalue weighted by atomic mass is 10.1. The van der Waals surface area contributed by atoms with Crippen molar-refractivity contribution in [2.45, 2.75) is 25.6 Å². The molecule has 1 aliphatic rings. The van der Waals surface area contributed by atoms with Gasteiger partial charge in [0.05, 0.1) is 36.7 Å². The van der Waals surface area contributed by atoms with Crippen LogP contribution >= 0.6 is 0 Å². The maximum Gasteiger partial charge on any atom is 0.254 e. The second-order valence-electron chi connectivity index (χ2n) is 9.50. The second-order valence-corrected chi connectivity index (χ2v) is 9.50. The first kappa shape index (κ1) is 27.0. The number of allylic oxidation sites excluding steroid dienone is 1. The van der Waals surface area contributed by atoms with Gasteiger partial charge in [-0.25, -0.2) is 9.97 Å². The third-order valence-electron chi connectivity index (χ3n) is 6.14. The van der Waals surface area contributed by atoms with Gasteiger partial charge < -0.3 is 25.4 Å². The van der Waals surface area contributed by atoms with E-state index in [1.165, 1.54) is 6.20 Å². The molecule has 3 aromatic rings. The second kappa shape index (κ2) is 11.5. The van der Waals surface area contributed by atoms with Crippen molar-refractivity contribution in [3.8, 4) is 5.75 Å². The monoisotopic (exact) mass is 522 g/mol. The number of aliphatic imine (C=N–C) groups is 1. The minimum atomic E-state index is -1.03. The lowest BCUT2D eigenvalue weighted by molar-refractivity contribution is -0.217. The van der Waals surface area contributed by atoms with E-state index in [9.17, 15) is 9.32 Å². The molecule has 200 valence electrons. The molecule has 1 aromatic carbocycles. The molecule has 0 saturated carbocycles. The van der Waals surface area contributed by atoms with Crippen molar-refractivity contribution in [2.75, 3.05) is 39.2 Å². The molecule has 1 saturated heterocycles. The maximum atomic E-state index is 12.7. The smallest absolute Gasteiger partial charge is 0.254 e. The third kappa shape index (κ3) is 6.06. The molecule has 0 spiro atoms. The fourth-order valence-corrected chi connectivity index (χ4v) is 3.83. The van der Waals surface area contributed by atoms with E-state index < -0.39 is 5.60 Å². The highest BCUT2D eigenvalue weighted by molar-refractivity contribution is 6.09. The Kier molecular flexibility index (Phi) is 8.18. The van der Waals surface area contributed by atoms with Crippen molar-refractivity contribution >= 4 is 40.1 Å². The average molecular weight is 523 g/mol. The number of nitrogens with two attached hydrogens (primary N) is 1. The number of anilines is 2. The summed E-state index contributed by atoms with van der Waals surface area (Å²) < 4.78 is 23.4. The van der Waals surface area contributed by atoms with Gasteiger partial charge >= 0.3 is 0 Å². The molecule has 10 nitrogen and oxygen atoms in total. The molecule has 1 fully saturated rings. The summed E-state index contributed by atoms with van der Waals surface area (Å²) in [6.07, 6.45) is 4.72. The van der Waals surface area contributed by atoms with E-state index in [1.54, 1.807) is 69.6 Å². The number of ether oxygens (including phenoxy) is 2. The zero-order valence-corrected chi connectivity index (χ0v) is 21.8. The summed E-state index contributed by atoms with van der Waals surface area (Å²) in [5, 5.41) is 4.07. The van der Waals surface area contributed by atoms with Gasteiger partial charge in [-0.2, -0.15) is 4.94 Å². The van der Waals surface area contributed by atoms with Gasteiger partial charge in [0.2, 0.25) is 0 Å². The van der Waals surface area contributed by atoms with Gasteiger partial charge in [0.1, 0.15) is 17.2 Å². The molecular weight excluding hydrogens is 491 g/mol. The molecule has 0 atom stereocenters. The van der Waals surface area contributed by atoms with Crippen LogP contribution in [0.15, 0.2) is 53.8 Å². The fraction of sp³-hybridized carbons (Fsp3) is 0.333. The normalized spacial score (nSPS) is 14.7. The highest BCUT2D eigenvalue weighted by Gasteiger charge is 2.31. The van der Waals surface area contributed by atoms with Gasteiger partial charge in [0.15, 0.2) is 0 Å². The van der Waals surface area contributed by atoms with Crippen molar-refractivity contribution in [3.05, 3.63) is 60.1 Å². The molecule has 4 rings (SSSR count). The van der Waals surface area contributed by atoms with E-state index in [0.29, 0.717) is 52.7 Å². The molecule has 0 radical (unpaired) electrons. The molecular formula is C27H31FN6O4. The van der Waals surface area contributed by atoms with E-state index >= 15 is 0 Å². The third-order valence-corrected chi connectivity index (χ3v) is 6.14. The van der Waals surface area contributed by atoms with Crippen LogP contribution in [0.3, 0.4) is 0 Å². The number of pyridine rings is 2. The summed E-state index contributed by atoms with van der Waals surface area (Å²) in [5.41, 5.74) is 7.81. The number of hydrogen-bond acceptors (Lipinski definition) is 9. The van der Waals surface area contributed by atoms with Gasteiger partial charge in [-0.1, -0.05) is 0 Å². The van der Waals surface area contributed by atoms with Gasteiger partial charge in [-0.05, 0) is 48.7 Å². The summed E-state index contributed by atoms with van der Waals surface area (Å²) >= 11 is 0. The number of halogens is 1. The Bertz CT molecular complexity index is 1370. The average Bonchev–Trinajstić information content (AvgIpc) is 2.90. The minimum Gasteiger partial charge on any atom is -0.495 e. The zero-order chi connectivity index (χ0) is 27.3. The summed E-state index contributed by atoms with van der Waals surface area (Å²) in [6, 6.07) is 10.7. The molecule has 3 N–H and O–H groups in total. The topological polar surface area (TPSA) is 124 Å². The van der Waals surface area contributed by atoms with Crippen molar-refractivity contribution in [1.29, 1.82) is 0 Å². The number of amides is 1. The number of hydrogen-bond donors (Lipinski definition) is 2. The standard InChI is InChI=1S/C27H31FN6O4/c1-27(2,38-28)16-30-12-19(11-29)21-7-6-18-13-31-25(10-23(18)32-21)33-22-8-5-17(9-24(22)37-4)26(35)34-14-20(15-34)36-3/h5-13,20H,14-16,29H2,1-4H3,(H,31,33). The van der Waals surface area contributed by atoms with Crippen molar-refractivity contribution in [2.24, 2.45) is 10.7 Å². The summed E-state index contributed by atoms with van der Waals surface area (Å²) in [5.74, 6) is 0.976. The molecule has 2 aromatic heterocycles. The first-order chi connectivity index (χ1) is 18.3. The highest BCUT2D eigenvalue weighted by atomic mass is 19.3. The first-order valence-corrected chi connectivity index (χ1v) is 12.0. The number of nitrogens with zero attached hydrogens (tertiary/aromatic N) is 4. The van der Waals surface area contributed by atoms with Crippen LogP contribution in [0.2, 0.25) is 0 Å². The van der Waals surface area contributed by atoms with E-state index in [4.69, 9.17) is 20.2 Å². The summed E-state index contributed by atoms with van der Waals surface area (Å²) in [6.45, 7) is 4.45. The van der Waals surface area contributed by atoms with Crippen LogP contribution in [-0.2, 0) is 9.68 Å². The Balaban J connectivity index is 1.52. The van der Waals surface area contributed by atoms with Crippen molar-refractivity contribution in [1.82, 2.24) is 14.9 Å². The Morgan fingerprint density at radius 1 is 1.26 bits per heavy atom. The molecule has 1 amide bonds. The summed E-state index contributed by atoms with van der Waals surface area (Å²) in [7, 11) is 3.19. The Morgan fingerprint density at radius 2 is 2.05 bits per heavy atom. The minimum absolute atomic E-state index is 0.0724. The Morgan fingerprint density at radius 3 is 2.74 bits per heavy atom. The largest absolute Gasteiger partial charge is 0.495 e. The van der Waals surface area contributed by atoms with Crippen molar-refractivity contribution in [3.63, 3.8) is 0 Å². The van der Waals surface area contributed by atoms with Crippen LogP contribution in [0.25, 0.3) is 16.5 Å². The Hall–Kier alpha value is -4.09. The number of rotatable bonds is 10. The predicted molar refractivity (Wildman–Crippen MR) is 144 cm³/mol. The number of likely N-dealkylation sites (tertiary alicyclic amines) is 1. The quantitative estimate of drug-likeness (QED) is 0.384. The van der Waals surface area contributed by atoms with Gasteiger partial charge in [-0.3, -0.25) is 9.79 Å². The number of fused-ring (bicyclic) bond motifs is 1. The van der Waals surface area contributed by atoms with Crippen LogP contribution in [0.4, 0.5) is 16.0 Å². The molecule has 11 heteroatoms. The van der Waals surface area contributed by atoms with Gasteiger partial charge in [-0.15, -0.1) is 0 Å². The lowest BCUT2D eigenvalue weighted by Crippen LogP contribution is -2.54. The molecule has 1 aliphatic heterocycles. The fourth-order valence-electron chi connectivity index (χ4n) is 3.83. The number of nitrogens with one attached hydrogen (secondary N) is 1. The number of aromatic nitrogens is 2. The van der Waals surface area contributed by atoms with E-state index in [0.717, 1.165) is 5.39 Å². The van der Waals surface area contributed by atoms with Gasteiger partial charge in [0.25, 0.3) is 5.91 Å². The van der Waals surface area contributed by atoms with Crippen LogP contribution in [0, 0.1) is 0 Å². The molecule has 0 unspecified atom stereocenters. The number of methoxy groups -OCH3 is 2. The molecule has 38 heavy (non-hydrogen) atoms. The number of carbonyl (C=O) groups excluding carboxylic acids is 1. The SMILES string of the molecule is COc1cc(C(=O)N2CC(OC)C2)ccc1Nc1cc2nc(C(C=NCC(C)(C)OF)=CN)ccc2cn1. The van der Waals surface area contributed by atoms with E-state index in [-0.39, 0.29) is 18.6 Å². The van der Waals surface area contributed by atoms with Crippen LogP contribution in [0.1, 0.15) is 29.9 Å². The summed E-state index contributed by atoms with van der Waals surface area (Å²) in [4.78, 5) is 31.8. The van der Waals surface area contributed by atoms with Crippen LogP contribution in [-0.4, -0.2) is 72.5 Å². The lowest BCUT2D eigenvalue weighted by Gasteiger charge is -2.38. The molecule has 0 aliphatic carbocycles. The Labute approximate surface area is 220 Å². The first-order valence-electron chi connectivity index (χ1n) is 12.0. The van der Waals surface area contributed by atoms with Crippen LogP contribution < -0.4 is 15.8 Å². The highest BCUT2D eigenvalue weighted by Crippen LogP contribution is 2.30. The van der Waals surface area contributed by atoms with E-state index in [1.807, 2.05) is 12.1 Å². The maximum absolute atomic E-state index is 12.7. The number of benzene rings is 1. The van der Waals surface area contributed by atoms with Crippen LogP contribution in [0.5, 0.6) is 5.75 Å². The van der Waals surface area contributed by atoms with Crippen molar-refractivity contribution < 1.29 is 23.7 Å². The van der Waals surface area contributed by atoms with Gasteiger partial charge in [0, 0.05) is 61.4 Å². The number of carbonyl (C=O) groups is 1.